The highest BCUT2D eigenvalue weighted by Gasteiger charge is 2.04. The van der Waals surface area contributed by atoms with Crippen LogP contribution in [0.3, 0.4) is 0 Å². The van der Waals surface area contributed by atoms with Crippen LogP contribution >= 0.6 is 11.6 Å². The average Bonchev–Trinajstić information content (AvgIpc) is 2.29. The molecule has 0 aliphatic heterocycles. The van der Waals surface area contributed by atoms with Gasteiger partial charge in [-0.3, -0.25) is 9.59 Å². The van der Waals surface area contributed by atoms with Gasteiger partial charge in [-0.2, -0.15) is 0 Å². The summed E-state index contributed by atoms with van der Waals surface area (Å²) in [5, 5.41) is 2.17. The minimum atomic E-state index is -0.449. The molecule has 0 heterocycles. The molecule has 1 aromatic carbocycles. The quantitative estimate of drug-likeness (QED) is 0.784. The molecule has 0 saturated heterocycles. The first kappa shape index (κ1) is 13.5. The zero-order valence-electron chi connectivity index (χ0n) is 9.53. The summed E-state index contributed by atoms with van der Waals surface area (Å²) in [6.07, 6.45) is 0.427. The highest BCUT2D eigenvalue weighted by atomic mass is 35.5. The van der Waals surface area contributed by atoms with E-state index in [-0.39, 0.29) is 25.3 Å². The second-order valence-electron chi connectivity index (χ2n) is 3.48. The SMILES string of the molecule is COc1ccc(CC(=O)NCCC(=O)Cl)cc1. The molecule has 0 unspecified atom stereocenters. The molecule has 0 saturated carbocycles. The van der Waals surface area contributed by atoms with Gasteiger partial charge in [0.2, 0.25) is 11.1 Å². The van der Waals surface area contributed by atoms with E-state index in [1.807, 2.05) is 12.1 Å². The number of hydrogen-bond donors (Lipinski definition) is 1. The van der Waals surface area contributed by atoms with Gasteiger partial charge in [0.15, 0.2) is 0 Å². The summed E-state index contributed by atoms with van der Waals surface area (Å²) in [5.41, 5.74) is 0.889. The lowest BCUT2D eigenvalue weighted by atomic mass is 10.1. The minimum Gasteiger partial charge on any atom is -0.497 e. The Hall–Kier alpha value is -1.55. The van der Waals surface area contributed by atoms with Gasteiger partial charge in [-0.05, 0) is 29.3 Å². The lowest BCUT2D eigenvalue weighted by Crippen LogP contribution is -2.26. The molecule has 1 amide bonds. The van der Waals surface area contributed by atoms with Gasteiger partial charge in [0.25, 0.3) is 0 Å². The van der Waals surface area contributed by atoms with Crippen LogP contribution in [0.5, 0.6) is 5.75 Å². The van der Waals surface area contributed by atoms with Crippen molar-refractivity contribution in [2.75, 3.05) is 13.7 Å². The van der Waals surface area contributed by atoms with Gasteiger partial charge in [0, 0.05) is 13.0 Å². The van der Waals surface area contributed by atoms with E-state index in [9.17, 15) is 9.59 Å². The van der Waals surface area contributed by atoms with E-state index in [0.717, 1.165) is 11.3 Å². The van der Waals surface area contributed by atoms with Gasteiger partial charge in [0.1, 0.15) is 5.75 Å². The Balaban J connectivity index is 2.37. The fourth-order valence-electron chi connectivity index (χ4n) is 1.29. The summed E-state index contributed by atoms with van der Waals surface area (Å²) in [5.74, 6) is 0.620. The molecule has 0 radical (unpaired) electrons. The van der Waals surface area contributed by atoms with Gasteiger partial charge in [-0.1, -0.05) is 12.1 Å². The Morgan fingerprint density at radius 1 is 1.29 bits per heavy atom. The van der Waals surface area contributed by atoms with Gasteiger partial charge in [-0.25, -0.2) is 0 Å². The second-order valence-corrected chi connectivity index (χ2v) is 3.90. The molecule has 4 nitrogen and oxygen atoms in total. The van der Waals surface area contributed by atoms with E-state index in [1.54, 1.807) is 19.2 Å². The summed E-state index contributed by atoms with van der Waals surface area (Å²) < 4.78 is 5.01. The molecule has 0 atom stereocenters. The number of halogens is 1. The molecule has 1 rings (SSSR count). The fraction of sp³-hybridized carbons (Fsp3) is 0.333. The Bertz CT molecular complexity index is 389. The smallest absolute Gasteiger partial charge is 0.224 e. The normalized spacial score (nSPS) is 9.76. The molecular weight excluding hydrogens is 242 g/mol. The first-order chi connectivity index (χ1) is 8.11. The van der Waals surface area contributed by atoms with Crippen LogP contribution in [0.25, 0.3) is 0 Å². The molecule has 0 fully saturated rings. The van der Waals surface area contributed by atoms with Crippen LogP contribution in [0.15, 0.2) is 24.3 Å². The lowest BCUT2D eigenvalue weighted by Gasteiger charge is -2.04. The van der Waals surface area contributed by atoms with Gasteiger partial charge in [0.05, 0.1) is 13.5 Å². The maximum Gasteiger partial charge on any atom is 0.224 e. The van der Waals surface area contributed by atoms with E-state index < -0.39 is 5.24 Å². The highest BCUT2D eigenvalue weighted by Crippen LogP contribution is 2.11. The van der Waals surface area contributed by atoms with Crippen LogP contribution in [0, 0.1) is 0 Å². The number of benzene rings is 1. The van der Waals surface area contributed by atoms with E-state index in [2.05, 4.69) is 5.32 Å². The lowest BCUT2D eigenvalue weighted by molar-refractivity contribution is -0.120. The number of hydrogen-bond acceptors (Lipinski definition) is 3. The Morgan fingerprint density at radius 3 is 2.47 bits per heavy atom. The standard InChI is InChI=1S/C12H14ClNO3/c1-17-10-4-2-9(3-5-10)8-12(16)14-7-6-11(13)15/h2-5H,6-8H2,1H3,(H,14,16). The summed E-state index contributed by atoms with van der Waals surface area (Å²) in [6, 6.07) is 7.24. The van der Waals surface area contributed by atoms with Crippen molar-refractivity contribution in [3.8, 4) is 5.75 Å². The van der Waals surface area contributed by atoms with E-state index >= 15 is 0 Å². The number of methoxy groups -OCH3 is 1. The molecule has 0 aliphatic carbocycles. The zero-order chi connectivity index (χ0) is 12.7. The summed E-state index contributed by atoms with van der Waals surface area (Å²) in [6.45, 7) is 0.275. The molecule has 0 spiro atoms. The van der Waals surface area contributed by atoms with Gasteiger partial charge >= 0.3 is 0 Å². The second kappa shape index (κ2) is 6.91. The van der Waals surface area contributed by atoms with Crippen molar-refractivity contribution >= 4 is 22.8 Å². The maximum atomic E-state index is 11.5. The van der Waals surface area contributed by atoms with Crippen LogP contribution in [0.2, 0.25) is 0 Å². The van der Waals surface area contributed by atoms with E-state index in [1.165, 1.54) is 0 Å². The predicted molar refractivity (Wildman–Crippen MR) is 65.2 cm³/mol. The topological polar surface area (TPSA) is 55.4 Å². The van der Waals surface area contributed by atoms with Crippen molar-refractivity contribution in [1.82, 2.24) is 5.32 Å². The molecule has 1 aromatic rings. The molecule has 92 valence electrons. The molecular formula is C12H14ClNO3. The summed E-state index contributed by atoms with van der Waals surface area (Å²) in [4.78, 5) is 21.9. The molecule has 5 heteroatoms. The monoisotopic (exact) mass is 255 g/mol. The van der Waals surface area contributed by atoms with Crippen LogP contribution < -0.4 is 10.1 Å². The third-order valence-electron chi connectivity index (χ3n) is 2.17. The third-order valence-corrected chi connectivity index (χ3v) is 2.36. The van der Waals surface area contributed by atoms with Crippen LogP contribution in [-0.4, -0.2) is 24.8 Å². The average molecular weight is 256 g/mol. The van der Waals surface area contributed by atoms with Crippen molar-refractivity contribution in [1.29, 1.82) is 0 Å². The Morgan fingerprint density at radius 2 is 1.94 bits per heavy atom. The molecule has 1 N–H and O–H groups in total. The number of amides is 1. The van der Waals surface area contributed by atoms with Crippen molar-refractivity contribution < 1.29 is 14.3 Å². The minimum absolute atomic E-state index is 0.131. The highest BCUT2D eigenvalue weighted by molar-refractivity contribution is 6.63. The first-order valence-corrected chi connectivity index (χ1v) is 5.57. The summed E-state index contributed by atoms with van der Waals surface area (Å²) >= 11 is 5.15. The third kappa shape index (κ3) is 5.36. The molecule has 0 bridgehead atoms. The Kier molecular flexibility index (Phi) is 5.49. The number of nitrogens with one attached hydrogen (secondary N) is 1. The number of rotatable bonds is 6. The maximum absolute atomic E-state index is 11.5. The molecule has 17 heavy (non-hydrogen) atoms. The molecule has 0 aromatic heterocycles. The van der Waals surface area contributed by atoms with Gasteiger partial charge in [-0.15, -0.1) is 0 Å². The number of ether oxygens (including phenoxy) is 1. The van der Waals surface area contributed by atoms with Crippen molar-refractivity contribution in [2.24, 2.45) is 0 Å². The Labute approximate surface area is 105 Å². The number of carbonyl (C=O) groups is 2. The number of carbonyl (C=O) groups excluding carboxylic acids is 2. The van der Waals surface area contributed by atoms with Crippen LogP contribution in [-0.2, 0) is 16.0 Å². The largest absolute Gasteiger partial charge is 0.497 e. The summed E-state index contributed by atoms with van der Waals surface area (Å²) in [7, 11) is 1.59. The predicted octanol–water partition coefficient (Wildman–Crippen LogP) is 1.51. The van der Waals surface area contributed by atoms with Crippen molar-refractivity contribution in [3.05, 3.63) is 29.8 Å². The van der Waals surface area contributed by atoms with Crippen LogP contribution in [0.4, 0.5) is 0 Å². The first-order valence-electron chi connectivity index (χ1n) is 5.20. The van der Waals surface area contributed by atoms with E-state index in [0.29, 0.717) is 0 Å². The van der Waals surface area contributed by atoms with Crippen molar-refractivity contribution in [2.45, 2.75) is 12.8 Å². The van der Waals surface area contributed by atoms with Crippen molar-refractivity contribution in [3.63, 3.8) is 0 Å². The van der Waals surface area contributed by atoms with E-state index in [4.69, 9.17) is 16.3 Å². The zero-order valence-corrected chi connectivity index (χ0v) is 10.3. The fourth-order valence-corrected chi connectivity index (χ4v) is 1.39. The van der Waals surface area contributed by atoms with Gasteiger partial charge < -0.3 is 10.1 Å². The molecule has 0 aliphatic rings. The van der Waals surface area contributed by atoms with Crippen LogP contribution in [0.1, 0.15) is 12.0 Å².